The number of carboxylic acid groups (broad SMARTS) is 1. The summed E-state index contributed by atoms with van der Waals surface area (Å²) in [4.78, 5) is 37.3. The molecule has 2 heterocycles. The normalized spacial score (nSPS) is 15.2. The Bertz CT molecular complexity index is 1180. The van der Waals surface area contributed by atoms with E-state index in [-0.39, 0.29) is 17.0 Å². The molecule has 4 rings (SSSR count). The SMILES string of the molecule is O=C(O)c1cccc(-c2ccc(/C=C3/SC(=O)N(Cc4ccc(F)cc4)C3=O)o2)c1. The predicted octanol–water partition coefficient (Wildman–Crippen LogP) is 5.02. The molecule has 2 aromatic carbocycles. The van der Waals surface area contributed by atoms with Crippen molar-refractivity contribution in [3.8, 4) is 11.3 Å². The Morgan fingerprint density at radius 3 is 2.60 bits per heavy atom. The number of rotatable bonds is 5. The van der Waals surface area contributed by atoms with E-state index >= 15 is 0 Å². The van der Waals surface area contributed by atoms with Crippen molar-refractivity contribution in [2.75, 3.05) is 0 Å². The number of carbonyl (C=O) groups is 3. The summed E-state index contributed by atoms with van der Waals surface area (Å²) in [5.74, 6) is -1.10. The Morgan fingerprint density at radius 1 is 1.10 bits per heavy atom. The lowest BCUT2D eigenvalue weighted by Gasteiger charge is -2.12. The number of nitrogens with zero attached hydrogens (tertiary/aromatic N) is 1. The van der Waals surface area contributed by atoms with Gasteiger partial charge in [-0.3, -0.25) is 14.5 Å². The largest absolute Gasteiger partial charge is 0.478 e. The molecule has 1 saturated heterocycles. The van der Waals surface area contributed by atoms with Gasteiger partial charge in [0.2, 0.25) is 0 Å². The van der Waals surface area contributed by atoms with Gasteiger partial charge in [0.15, 0.2) is 0 Å². The molecule has 0 bridgehead atoms. The first-order chi connectivity index (χ1) is 14.4. The van der Waals surface area contributed by atoms with Crippen LogP contribution in [-0.4, -0.2) is 27.1 Å². The van der Waals surface area contributed by atoms with Crippen molar-refractivity contribution in [2.24, 2.45) is 0 Å². The van der Waals surface area contributed by atoms with Crippen LogP contribution in [0.3, 0.4) is 0 Å². The first-order valence-corrected chi connectivity index (χ1v) is 9.66. The third-order valence-electron chi connectivity index (χ3n) is 4.42. The maximum Gasteiger partial charge on any atom is 0.335 e. The second-order valence-corrected chi connectivity index (χ2v) is 7.48. The number of aromatic carboxylic acids is 1. The van der Waals surface area contributed by atoms with Crippen molar-refractivity contribution in [3.05, 3.63) is 88.3 Å². The van der Waals surface area contributed by atoms with Crippen molar-refractivity contribution in [1.29, 1.82) is 0 Å². The molecule has 1 aliphatic rings. The predicted molar refractivity (Wildman–Crippen MR) is 109 cm³/mol. The van der Waals surface area contributed by atoms with Gasteiger partial charge in [-0.05, 0) is 53.7 Å². The number of halogens is 1. The van der Waals surface area contributed by atoms with E-state index in [2.05, 4.69) is 0 Å². The van der Waals surface area contributed by atoms with Gasteiger partial charge in [-0.25, -0.2) is 9.18 Å². The van der Waals surface area contributed by atoms with Crippen LogP contribution in [0.25, 0.3) is 17.4 Å². The van der Waals surface area contributed by atoms with Crippen LogP contribution < -0.4 is 0 Å². The number of carboxylic acids is 1. The number of carbonyl (C=O) groups excluding carboxylic acids is 2. The molecule has 0 atom stereocenters. The zero-order valence-electron chi connectivity index (χ0n) is 15.4. The van der Waals surface area contributed by atoms with Crippen molar-refractivity contribution in [2.45, 2.75) is 6.54 Å². The fraction of sp³-hybridized carbons (Fsp3) is 0.0455. The molecule has 1 aliphatic heterocycles. The molecule has 3 aromatic rings. The number of hydrogen-bond donors (Lipinski definition) is 1. The molecule has 0 radical (unpaired) electrons. The number of hydrogen-bond acceptors (Lipinski definition) is 5. The van der Waals surface area contributed by atoms with Crippen molar-refractivity contribution in [1.82, 2.24) is 4.90 Å². The van der Waals surface area contributed by atoms with Gasteiger partial charge in [0.05, 0.1) is 17.0 Å². The van der Waals surface area contributed by atoms with Gasteiger partial charge in [0.1, 0.15) is 17.3 Å². The lowest BCUT2D eigenvalue weighted by atomic mass is 10.1. The Labute approximate surface area is 174 Å². The van der Waals surface area contributed by atoms with Gasteiger partial charge in [-0.2, -0.15) is 0 Å². The summed E-state index contributed by atoms with van der Waals surface area (Å²) in [6, 6.07) is 15.2. The van der Waals surface area contributed by atoms with Crippen LogP contribution in [0.2, 0.25) is 0 Å². The first-order valence-electron chi connectivity index (χ1n) is 8.84. The van der Waals surface area contributed by atoms with E-state index in [0.717, 1.165) is 16.7 Å². The van der Waals surface area contributed by atoms with Crippen LogP contribution in [0, 0.1) is 5.82 Å². The zero-order valence-corrected chi connectivity index (χ0v) is 16.2. The summed E-state index contributed by atoms with van der Waals surface area (Å²) < 4.78 is 18.8. The molecule has 0 aliphatic carbocycles. The van der Waals surface area contributed by atoms with Crippen LogP contribution in [-0.2, 0) is 11.3 Å². The molecule has 0 spiro atoms. The maximum atomic E-state index is 13.0. The third-order valence-corrected chi connectivity index (χ3v) is 5.33. The van der Waals surface area contributed by atoms with E-state index in [4.69, 9.17) is 9.52 Å². The van der Waals surface area contributed by atoms with E-state index in [0.29, 0.717) is 22.6 Å². The molecule has 1 N–H and O–H groups in total. The van der Waals surface area contributed by atoms with E-state index in [9.17, 15) is 18.8 Å². The van der Waals surface area contributed by atoms with E-state index in [1.54, 1.807) is 24.3 Å². The summed E-state index contributed by atoms with van der Waals surface area (Å²) in [7, 11) is 0. The lowest BCUT2D eigenvalue weighted by molar-refractivity contribution is -0.123. The zero-order chi connectivity index (χ0) is 21.3. The highest BCUT2D eigenvalue weighted by Crippen LogP contribution is 2.34. The van der Waals surface area contributed by atoms with Crippen molar-refractivity contribution >= 4 is 35.0 Å². The van der Waals surface area contributed by atoms with E-state index in [1.807, 2.05) is 0 Å². The monoisotopic (exact) mass is 423 g/mol. The summed E-state index contributed by atoms with van der Waals surface area (Å²) in [5.41, 5.74) is 1.35. The molecular formula is C22H14FNO5S. The minimum atomic E-state index is -1.04. The molecule has 1 aromatic heterocycles. The Hall–Kier alpha value is -3.65. The van der Waals surface area contributed by atoms with Gasteiger partial charge in [-0.1, -0.05) is 24.3 Å². The highest BCUT2D eigenvalue weighted by atomic mass is 32.2. The summed E-state index contributed by atoms with van der Waals surface area (Å²) in [6.07, 6.45) is 1.47. The van der Waals surface area contributed by atoms with Gasteiger partial charge in [0, 0.05) is 11.6 Å². The molecule has 6 nitrogen and oxygen atoms in total. The number of thioether (sulfide) groups is 1. The lowest BCUT2D eigenvalue weighted by Crippen LogP contribution is -2.27. The Balaban J connectivity index is 1.53. The minimum absolute atomic E-state index is 0.0493. The van der Waals surface area contributed by atoms with Crippen LogP contribution >= 0.6 is 11.8 Å². The standard InChI is InChI=1S/C22H14FNO5S/c23-16-6-4-13(5-7-16)12-24-20(25)19(30-22(24)28)11-17-8-9-18(29-17)14-2-1-3-15(10-14)21(26)27/h1-11H,12H2,(H,26,27)/b19-11+. The van der Waals surface area contributed by atoms with E-state index in [1.165, 1.54) is 42.5 Å². The second kappa shape index (κ2) is 8.00. The van der Waals surface area contributed by atoms with Gasteiger partial charge in [0.25, 0.3) is 11.1 Å². The highest BCUT2D eigenvalue weighted by molar-refractivity contribution is 8.18. The van der Waals surface area contributed by atoms with Crippen LogP contribution in [0.4, 0.5) is 9.18 Å². The number of benzene rings is 2. The minimum Gasteiger partial charge on any atom is -0.478 e. The highest BCUT2D eigenvalue weighted by Gasteiger charge is 2.35. The quantitative estimate of drug-likeness (QED) is 0.580. The topological polar surface area (TPSA) is 87.8 Å². The maximum absolute atomic E-state index is 13.0. The first kappa shape index (κ1) is 19.7. The molecule has 0 saturated carbocycles. The Morgan fingerprint density at radius 2 is 1.87 bits per heavy atom. The Kier molecular flexibility index (Phi) is 5.24. The molecule has 1 fully saturated rings. The summed E-state index contributed by atoms with van der Waals surface area (Å²) in [6.45, 7) is 0.0493. The van der Waals surface area contributed by atoms with E-state index < -0.39 is 22.9 Å². The smallest absolute Gasteiger partial charge is 0.335 e. The number of imide groups is 1. The molecule has 8 heteroatoms. The van der Waals surface area contributed by atoms with Crippen LogP contribution in [0.15, 0.2) is 70.0 Å². The molecule has 0 unspecified atom stereocenters. The molecule has 150 valence electrons. The third kappa shape index (κ3) is 4.04. The van der Waals surface area contributed by atoms with Gasteiger partial charge in [-0.15, -0.1) is 0 Å². The average molecular weight is 423 g/mol. The average Bonchev–Trinajstić information content (AvgIpc) is 3.30. The molecular weight excluding hydrogens is 409 g/mol. The van der Waals surface area contributed by atoms with Crippen LogP contribution in [0.1, 0.15) is 21.7 Å². The van der Waals surface area contributed by atoms with Gasteiger partial charge < -0.3 is 9.52 Å². The fourth-order valence-corrected chi connectivity index (χ4v) is 3.75. The molecule has 30 heavy (non-hydrogen) atoms. The van der Waals surface area contributed by atoms with Crippen LogP contribution in [0.5, 0.6) is 0 Å². The fourth-order valence-electron chi connectivity index (χ4n) is 2.93. The molecule has 2 amide bonds. The number of amides is 2. The number of furan rings is 1. The summed E-state index contributed by atoms with van der Waals surface area (Å²) >= 11 is 0.797. The second-order valence-electron chi connectivity index (χ2n) is 6.48. The summed E-state index contributed by atoms with van der Waals surface area (Å²) in [5, 5.41) is 8.69. The van der Waals surface area contributed by atoms with Gasteiger partial charge >= 0.3 is 5.97 Å². The van der Waals surface area contributed by atoms with Crippen molar-refractivity contribution in [3.63, 3.8) is 0 Å². The van der Waals surface area contributed by atoms with Crippen molar-refractivity contribution < 1.29 is 28.3 Å².